The van der Waals surface area contributed by atoms with Gasteiger partial charge in [0.05, 0.1) is 34.5 Å². The molecule has 6 nitrogen and oxygen atoms in total. The molecule has 2 heterocycles. The lowest BCUT2D eigenvalue weighted by Crippen LogP contribution is -2.16. The number of aryl methyl sites for hydroxylation is 1. The monoisotopic (exact) mass is 489 g/mol. The molecule has 154 valence electrons. The minimum Gasteiger partial charge on any atom is -0.326 e. The zero-order valence-corrected chi connectivity index (χ0v) is 17.5. The number of carbonyl (C=O) groups is 1. The standard InChI is InChI=1S/C18H16BrClF3N5O/c1-11-16(20)17(18(21,22)23)26-28(11)6-5-15(29)25-14-4-2-3-12(7-14)9-27-10-13(19)8-24-27/h2-4,7-8,10H,5-6,9H2,1H3,(H,25,29). The second-order valence-electron chi connectivity index (χ2n) is 6.32. The van der Waals surface area contributed by atoms with Crippen molar-refractivity contribution in [2.45, 2.75) is 32.6 Å². The molecule has 0 unspecified atom stereocenters. The van der Waals surface area contributed by atoms with Crippen LogP contribution in [0.4, 0.5) is 18.9 Å². The summed E-state index contributed by atoms with van der Waals surface area (Å²) >= 11 is 9.05. The third-order valence-electron chi connectivity index (χ3n) is 4.11. The van der Waals surface area contributed by atoms with E-state index < -0.39 is 16.9 Å². The van der Waals surface area contributed by atoms with E-state index in [0.717, 1.165) is 14.7 Å². The minimum absolute atomic E-state index is 0.0194. The average molecular weight is 491 g/mol. The molecule has 0 aliphatic rings. The molecule has 0 fully saturated rings. The Labute approximate surface area is 177 Å². The molecule has 0 aliphatic carbocycles. The van der Waals surface area contributed by atoms with Crippen molar-refractivity contribution in [2.75, 3.05) is 5.32 Å². The number of anilines is 1. The van der Waals surface area contributed by atoms with Crippen LogP contribution in [-0.4, -0.2) is 25.5 Å². The number of hydrogen-bond acceptors (Lipinski definition) is 3. The van der Waals surface area contributed by atoms with Gasteiger partial charge in [0.25, 0.3) is 0 Å². The number of carbonyl (C=O) groups excluding carboxylic acids is 1. The Bertz CT molecular complexity index is 1030. The Morgan fingerprint density at radius 3 is 2.72 bits per heavy atom. The van der Waals surface area contributed by atoms with Gasteiger partial charge >= 0.3 is 6.18 Å². The molecule has 0 atom stereocenters. The van der Waals surface area contributed by atoms with E-state index in [1.165, 1.54) is 6.92 Å². The molecule has 0 saturated heterocycles. The molecule has 11 heteroatoms. The number of benzene rings is 1. The second-order valence-corrected chi connectivity index (χ2v) is 7.62. The second kappa shape index (κ2) is 8.58. The normalized spacial score (nSPS) is 11.7. The highest BCUT2D eigenvalue weighted by molar-refractivity contribution is 9.10. The van der Waals surface area contributed by atoms with Crippen LogP contribution in [0.15, 0.2) is 41.1 Å². The van der Waals surface area contributed by atoms with Gasteiger partial charge in [-0.1, -0.05) is 23.7 Å². The molecule has 0 radical (unpaired) electrons. The molecule has 29 heavy (non-hydrogen) atoms. The molecule has 3 rings (SSSR count). The van der Waals surface area contributed by atoms with Crippen LogP contribution in [0, 0.1) is 6.92 Å². The summed E-state index contributed by atoms with van der Waals surface area (Å²) in [6.07, 6.45) is -1.18. The summed E-state index contributed by atoms with van der Waals surface area (Å²) in [5, 5.41) is 9.96. The summed E-state index contributed by atoms with van der Waals surface area (Å²) in [5.41, 5.74) is 0.544. The Balaban J connectivity index is 1.61. The maximum absolute atomic E-state index is 12.9. The smallest absolute Gasteiger partial charge is 0.326 e. The zero-order valence-electron chi connectivity index (χ0n) is 15.2. The Kier molecular flexibility index (Phi) is 6.33. The van der Waals surface area contributed by atoms with Crippen molar-refractivity contribution < 1.29 is 18.0 Å². The number of alkyl halides is 3. The third-order valence-corrected chi connectivity index (χ3v) is 4.97. The van der Waals surface area contributed by atoms with E-state index in [1.807, 2.05) is 18.3 Å². The van der Waals surface area contributed by atoms with Gasteiger partial charge in [-0.2, -0.15) is 23.4 Å². The Hall–Kier alpha value is -2.33. The minimum atomic E-state index is -4.64. The van der Waals surface area contributed by atoms with E-state index in [1.54, 1.807) is 23.0 Å². The fourth-order valence-electron chi connectivity index (χ4n) is 2.71. The van der Waals surface area contributed by atoms with E-state index in [9.17, 15) is 18.0 Å². The molecule has 1 N–H and O–H groups in total. The quantitative estimate of drug-likeness (QED) is 0.535. The number of rotatable bonds is 6. The summed E-state index contributed by atoms with van der Waals surface area (Å²) in [4.78, 5) is 12.2. The van der Waals surface area contributed by atoms with Gasteiger partial charge < -0.3 is 5.32 Å². The molecular weight excluding hydrogens is 475 g/mol. The van der Waals surface area contributed by atoms with Gasteiger partial charge in [-0.15, -0.1) is 0 Å². The van der Waals surface area contributed by atoms with Crippen LogP contribution < -0.4 is 5.32 Å². The molecule has 0 aliphatic heterocycles. The molecule has 0 spiro atoms. The fraction of sp³-hybridized carbons (Fsp3) is 0.278. The van der Waals surface area contributed by atoms with Crippen molar-refractivity contribution in [3.05, 3.63) is 63.1 Å². The van der Waals surface area contributed by atoms with Crippen LogP contribution in [0.2, 0.25) is 5.02 Å². The van der Waals surface area contributed by atoms with Gasteiger partial charge in [0, 0.05) is 18.3 Å². The highest BCUT2D eigenvalue weighted by atomic mass is 79.9. The van der Waals surface area contributed by atoms with Crippen LogP contribution in [0.5, 0.6) is 0 Å². The van der Waals surface area contributed by atoms with Gasteiger partial charge in [-0.3, -0.25) is 14.2 Å². The van der Waals surface area contributed by atoms with Crippen LogP contribution in [-0.2, 0) is 24.1 Å². The largest absolute Gasteiger partial charge is 0.436 e. The number of amides is 1. The number of halogens is 5. The maximum atomic E-state index is 12.9. The van der Waals surface area contributed by atoms with Crippen molar-refractivity contribution in [1.29, 1.82) is 0 Å². The number of aromatic nitrogens is 4. The van der Waals surface area contributed by atoms with Gasteiger partial charge in [0.2, 0.25) is 5.91 Å². The van der Waals surface area contributed by atoms with Crippen molar-refractivity contribution in [3.63, 3.8) is 0 Å². The summed E-state index contributed by atoms with van der Waals surface area (Å²) < 4.78 is 42.3. The molecule has 1 amide bonds. The van der Waals surface area contributed by atoms with E-state index >= 15 is 0 Å². The molecule has 2 aromatic heterocycles. The van der Waals surface area contributed by atoms with Gasteiger partial charge in [0.1, 0.15) is 0 Å². The van der Waals surface area contributed by atoms with Crippen LogP contribution in [0.3, 0.4) is 0 Å². The first-order chi connectivity index (χ1) is 13.6. The van der Waals surface area contributed by atoms with Crippen LogP contribution in [0.1, 0.15) is 23.4 Å². The van der Waals surface area contributed by atoms with Crippen molar-refractivity contribution in [1.82, 2.24) is 19.6 Å². The van der Waals surface area contributed by atoms with Crippen molar-refractivity contribution >= 4 is 39.1 Å². The lowest BCUT2D eigenvalue weighted by molar-refractivity contribution is -0.141. The van der Waals surface area contributed by atoms with E-state index in [0.29, 0.717) is 12.2 Å². The fourth-order valence-corrected chi connectivity index (χ4v) is 3.28. The first-order valence-corrected chi connectivity index (χ1v) is 9.67. The topological polar surface area (TPSA) is 64.7 Å². The molecule has 1 aromatic carbocycles. The lowest BCUT2D eigenvalue weighted by atomic mass is 10.2. The predicted molar refractivity (Wildman–Crippen MR) is 106 cm³/mol. The highest BCUT2D eigenvalue weighted by Gasteiger charge is 2.38. The Morgan fingerprint density at radius 2 is 2.10 bits per heavy atom. The summed E-state index contributed by atoms with van der Waals surface area (Å²) in [6, 6.07) is 7.25. The first kappa shape index (κ1) is 21.4. The average Bonchev–Trinajstić information content (AvgIpc) is 3.17. The molecular formula is C18H16BrClF3N5O. The van der Waals surface area contributed by atoms with Crippen molar-refractivity contribution in [3.8, 4) is 0 Å². The van der Waals surface area contributed by atoms with Crippen LogP contribution >= 0.6 is 27.5 Å². The lowest BCUT2D eigenvalue weighted by Gasteiger charge is -2.09. The van der Waals surface area contributed by atoms with E-state index in [-0.39, 0.29) is 24.6 Å². The molecule has 3 aromatic rings. The third kappa shape index (κ3) is 5.39. The summed E-state index contributed by atoms with van der Waals surface area (Å²) in [5.74, 6) is -0.344. The number of nitrogens with zero attached hydrogens (tertiary/aromatic N) is 4. The summed E-state index contributed by atoms with van der Waals surface area (Å²) in [6.45, 7) is 1.94. The van der Waals surface area contributed by atoms with Gasteiger partial charge in [-0.05, 0) is 40.5 Å². The SMILES string of the molecule is Cc1c(Cl)c(C(F)(F)F)nn1CCC(=O)Nc1cccc(Cn2cc(Br)cn2)c1. The maximum Gasteiger partial charge on any atom is 0.436 e. The Morgan fingerprint density at radius 1 is 1.34 bits per heavy atom. The van der Waals surface area contributed by atoms with E-state index in [4.69, 9.17) is 11.6 Å². The van der Waals surface area contributed by atoms with Crippen LogP contribution in [0.25, 0.3) is 0 Å². The number of hydrogen-bond donors (Lipinski definition) is 1. The van der Waals surface area contributed by atoms with Gasteiger partial charge in [0.15, 0.2) is 5.69 Å². The molecule has 0 bridgehead atoms. The van der Waals surface area contributed by atoms with E-state index in [2.05, 4.69) is 31.4 Å². The highest BCUT2D eigenvalue weighted by Crippen LogP contribution is 2.35. The number of nitrogens with one attached hydrogen (secondary N) is 1. The predicted octanol–water partition coefficient (Wildman–Crippen LogP) is 4.90. The van der Waals surface area contributed by atoms with Gasteiger partial charge in [-0.25, -0.2) is 0 Å². The summed E-state index contributed by atoms with van der Waals surface area (Å²) in [7, 11) is 0. The van der Waals surface area contributed by atoms with Crippen molar-refractivity contribution in [2.24, 2.45) is 0 Å². The first-order valence-electron chi connectivity index (χ1n) is 8.50. The molecule has 0 saturated carbocycles. The zero-order chi connectivity index (χ0) is 21.2.